The molecule has 8 rings (SSSR count). The van der Waals surface area contributed by atoms with Gasteiger partial charge in [0.25, 0.3) is 0 Å². The Morgan fingerprint density at radius 1 is 0.279 bits per heavy atom. The number of hydrogen-bond acceptors (Lipinski definition) is 3. The maximum atomic E-state index is 8.21. The van der Waals surface area contributed by atoms with Crippen LogP contribution in [0.3, 0.4) is 0 Å². The number of hydrogen-bond donors (Lipinski definition) is 0. The number of nitrogens with zero attached hydrogens (tertiary/aromatic N) is 3. The number of anilines is 9. The van der Waals surface area contributed by atoms with Crippen LogP contribution in [0.25, 0.3) is 11.1 Å². The van der Waals surface area contributed by atoms with Crippen molar-refractivity contribution in [1.82, 2.24) is 0 Å². The zero-order valence-electron chi connectivity index (χ0n) is 42.2. The highest BCUT2D eigenvalue weighted by Crippen LogP contribution is 2.52. The first-order chi connectivity index (χ1) is 32.2. The lowest BCUT2D eigenvalue weighted by Gasteiger charge is -2.35. The van der Waals surface area contributed by atoms with Gasteiger partial charge in [-0.05, 0) is 128 Å². The van der Waals surface area contributed by atoms with Gasteiger partial charge in [0, 0.05) is 34.0 Å². The van der Waals surface area contributed by atoms with E-state index in [4.69, 9.17) is 11.6 Å². The minimum absolute atomic E-state index is 0.0175. The Labute approximate surface area is 412 Å². The minimum Gasteiger partial charge on any atom is -0.310 e. The van der Waals surface area contributed by atoms with E-state index in [2.05, 4.69) is 292 Å². The van der Waals surface area contributed by atoms with Crippen LogP contribution in [0.1, 0.15) is 105 Å². The Hall–Kier alpha value is -6.55. The minimum atomic E-state index is -0.0175. The van der Waals surface area contributed by atoms with E-state index in [9.17, 15) is 0 Å². The molecule has 0 radical (unpaired) electrons. The molecule has 0 unspecified atom stereocenters. The van der Waals surface area contributed by atoms with Crippen molar-refractivity contribution < 1.29 is 0 Å². The van der Waals surface area contributed by atoms with Crippen LogP contribution in [0.2, 0.25) is 5.02 Å². The molecule has 346 valence electrons. The third-order valence-corrected chi connectivity index (χ3v) is 13.4. The molecule has 0 N–H and O–H groups in total. The molecule has 4 heteroatoms. The Bertz CT molecular complexity index is 2690. The van der Waals surface area contributed by atoms with Crippen LogP contribution in [0.5, 0.6) is 0 Å². The van der Waals surface area contributed by atoms with Gasteiger partial charge < -0.3 is 14.7 Å². The third-order valence-electron chi connectivity index (χ3n) is 13.0. The highest BCUT2D eigenvalue weighted by molar-refractivity contribution is 6.37. The fourth-order valence-corrected chi connectivity index (χ4v) is 9.14. The second kappa shape index (κ2) is 18.9. The van der Waals surface area contributed by atoms with Crippen LogP contribution in [0.4, 0.5) is 51.2 Å². The molecule has 0 bridgehead atoms. The molecule has 68 heavy (non-hydrogen) atoms. The van der Waals surface area contributed by atoms with Crippen molar-refractivity contribution in [2.24, 2.45) is 0 Å². The first-order valence-corrected chi connectivity index (χ1v) is 24.4. The van der Waals surface area contributed by atoms with Crippen LogP contribution >= 0.6 is 11.6 Å². The maximum Gasteiger partial charge on any atom is 0.0888 e. The number of rotatable bonds is 10. The van der Waals surface area contributed by atoms with Crippen LogP contribution in [-0.2, 0) is 21.7 Å². The summed E-state index contributed by atoms with van der Waals surface area (Å²) in [4.78, 5) is 7.06. The highest BCUT2D eigenvalue weighted by atomic mass is 35.5. The largest absolute Gasteiger partial charge is 0.310 e. The number of benzene rings is 8. The second-order valence-electron chi connectivity index (χ2n) is 22.2. The molecule has 0 amide bonds. The average molecular weight is 915 g/mol. The lowest BCUT2D eigenvalue weighted by Crippen LogP contribution is -2.18. The van der Waals surface area contributed by atoms with Crippen molar-refractivity contribution >= 4 is 62.8 Å². The zero-order chi connectivity index (χ0) is 48.6. The summed E-state index contributed by atoms with van der Waals surface area (Å²) in [6.07, 6.45) is 0. The standard InChI is InChI=1S/C64H68ClN3/c1-61(2,3)46-27-35-51(36-28-46)66(52-37-29-47(30-38-52)62(4,5)6)58-43-55(68(50-23-17-14-18-24-50)57-26-20-19-25-56(57)45-21-15-13-16-22-45)44-59(60(58)65)67(53-39-31-48(32-40-53)63(7,8)9)54-41-33-49(34-42-54)64(10,11)12/h13-44H,1-12H3. The van der Waals surface area contributed by atoms with E-state index >= 15 is 0 Å². The summed E-state index contributed by atoms with van der Waals surface area (Å²) in [6.45, 7) is 27.2. The lowest BCUT2D eigenvalue weighted by molar-refractivity contribution is 0.590. The van der Waals surface area contributed by atoms with Crippen molar-refractivity contribution in [3.05, 3.63) is 221 Å². The SMILES string of the molecule is CC(C)(C)c1ccc(N(c2ccc(C(C)(C)C)cc2)c2cc(N(c3ccccc3)c3ccccc3-c3ccccc3)cc(N(c3ccc(C(C)(C)C)cc3)c3ccc(C(C)(C)C)cc3)c2Cl)cc1. The molecule has 0 aliphatic heterocycles. The van der Waals surface area contributed by atoms with Crippen LogP contribution in [0.15, 0.2) is 194 Å². The van der Waals surface area contributed by atoms with Crippen molar-refractivity contribution in [1.29, 1.82) is 0 Å². The van der Waals surface area contributed by atoms with Gasteiger partial charge in [0.1, 0.15) is 0 Å². The summed E-state index contributed by atoms with van der Waals surface area (Å²) < 4.78 is 0. The molecule has 0 saturated heterocycles. The molecule has 8 aromatic carbocycles. The molecule has 8 aromatic rings. The molecule has 0 aromatic heterocycles. The van der Waals surface area contributed by atoms with E-state index in [0.717, 1.165) is 62.3 Å². The summed E-state index contributed by atoms with van der Waals surface area (Å²) in [5, 5.41) is 0.623. The first-order valence-electron chi connectivity index (χ1n) is 24.0. The van der Waals surface area contributed by atoms with Crippen molar-refractivity contribution in [3.63, 3.8) is 0 Å². The summed E-state index contributed by atoms with van der Waals surface area (Å²) in [6, 6.07) is 70.7. The molecule has 0 saturated carbocycles. The fraction of sp³-hybridized carbons (Fsp3) is 0.250. The Balaban J connectivity index is 1.49. The summed E-state index contributed by atoms with van der Waals surface area (Å²) in [5.74, 6) is 0. The topological polar surface area (TPSA) is 9.72 Å². The summed E-state index contributed by atoms with van der Waals surface area (Å²) in [7, 11) is 0. The normalized spacial score (nSPS) is 12.2. The maximum absolute atomic E-state index is 8.21. The average Bonchev–Trinajstić information content (AvgIpc) is 3.31. The zero-order valence-corrected chi connectivity index (χ0v) is 43.0. The predicted molar refractivity (Wildman–Crippen MR) is 296 cm³/mol. The third kappa shape index (κ3) is 10.3. The van der Waals surface area contributed by atoms with Gasteiger partial charge in [0.2, 0.25) is 0 Å². The van der Waals surface area contributed by atoms with Crippen LogP contribution < -0.4 is 14.7 Å². The molecule has 0 atom stereocenters. The number of para-hydroxylation sites is 2. The second-order valence-corrected chi connectivity index (χ2v) is 22.6. The van der Waals surface area contributed by atoms with E-state index in [1.807, 2.05) is 0 Å². The van der Waals surface area contributed by atoms with Gasteiger partial charge in [-0.2, -0.15) is 0 Å². The molecule has 0 aliphatic carbocycles. The van der Waals surface area contributed by atoms with Crippen LogP contribution in [0, 0.1) is 0 Å². The van der Waals surface area contributed by atoms with E-state index < -0.39 is 0 Å². The van der Waals surface area contributed by atoms with E-state index in [1.54, 1.807) is 0 Å². The summed E-state index contributed by atoms with van der Waals surface area (Å²) in [5.41, 5.74) is 16.0. The first kappa shape index (κ1) is 47.9. The van der Waals surface area contributed by atoms with Gasteiger partial charge >= 0.3 is 0 Å². The van der Waals surface area contributed by atoms with Crippen molar-refractivity contribution in [2.75, 3.05) is 14.7 Å². The van der Waals surface area contributed by atoms with Gasteiger partial charge in [-0.15, -0.1) is 0 Å². The van der Waals surface area contributed by atoms with Gasteiger partial charge in [0.15, 0.2) is 0 Å². The molecular formula is C64H68ClN3. The Morgan fingerprint density at radius 2 is 0.559 bits per heavy atom. The van der Waals surface area contributed by atoms with E-state index in [-0.39, 0.29) is 21.7 Å². The van der Waals surface area contributed by atoms with Gasteiger partial charge in [-0.3, -0.25) is 0 Å². The monoisotopic (exact) mass is 914 g/mol. The summed E-state index contributed by atoms with van der Waals surface area (Å²) >= 11 is 8.21. The predicted octanol–water partition coefficient (Wildman–Crippen LogP) is 19.6. The molecule has 0 spiro atoms. The number of halogens is 1. The van der Waals surface area contributed by atoms with E-state index in [1.165, 1.54) is 22.3 Å². The van der Waals surface area contributed by atoms with E-state index in [0.29, 0.717) is 5.02 Å². The van der Waals surface area contributed by atoms with Crippen molar-refractivity contribution in [2.45, 2.75) is 105 Å². The Kier molecular flexibility index (Phi) is 13.3. The van der Waals surface area contributed by atoms with Gasteiger partial charge in [-0.1, -0.05) is 210 Å². The van der Waals surface area contributed by atoms with Crippen LogP contribution in [-0.4, -0.2) is 0 Å². The quantitative estimate of drug-likeness (QED) is 0.135. The van der Waals surface area contributed by atoms with Gasteiger partial charge in [-0.25, -0.2) is 0 Å². The smallest absolute Gasteiger partial charge is 0.0888 e. The molecule has 0 heterocycles. The fourth-order valence-electron chi connectivity index (χ4n) is 8.87. The highest BCUT2D eigenvalue weighted by Gasteiger charge is 2.29. The Morgan fingerprint density at radius 3 is 0.897 bits per heavy atom. The van der Waals surface area contributed by atoms with Gasteiger partial charge in [0.05, 0.1) is 27.8 Å². The molecule has 0 fully saturated rings. The van der Waals surface area contributed by atoms with Crippen molar-refractivity contribution in [3.8, 4) is 11.1 Å². The lowest BCUT2D eigenvalue weighted by atomic mass is 9.86. The molecule has 3 nitrogen and oxygen atoms in total. The molecular weight excluding hydrogens is 846 g/mol. The molecule has 0 aliphatic rings.